The van der Waals surface area contributed by atoms with Crippen molar-refractivity contribution in [3.05, 3.63) is 0 Å². The van der Waals surface area contributed by atoms with Gasteiger partial charge in [-0.2, -0.15) is 0 Å². The summed E-state index contributed by atoms with van der Waals surface area (Å²) in [5.41, 5.74) is 0.201. The minimum absolute atomic E-state index is 0.351. The first-order valence-electron chi connectivity index (χ1n) is 7.13. The van der Waals surface area contributed by atoms with Gasteiger partial charge in [-0.1, -0.05) is 20.8 Å². The van der Waals surface area contributed by atoms with Crippen LogP contribution in [0.1, 0.15) is 53.4 Å². The monoisotopic (exact) mass is 222 g/mol. The van der Waals surface area contributed by atoms with E-state index in [1.54, 1.807) is 0 Å². The minimum Gasteiger partial charge on any atom is -0.390 e. The van der Waals surface area contributed by atoms with Gasteiger partial charge in [0.1, 0.15) is 0 Å². The lowest BCUT2D eigenvalue weighted by atomic mass is 9.69. The first kappa shape index (κ1) is 11.1. The summed E-state index contributed by atoms with van der Waals surface area (Å²) in [6.45, 7) is 9.27. The highest BCUT2D eigenvalue weighted by molar-refractivity contribution is 5.26. The van der Waals surface area contributed by atoms with Gasteiger partial charge in [0.2, 0.25) is 0 Å². The third-order valence-corrected chi connectivity index (χ3v) is 6.35. The van der Waals surface area contributed by atoms with E-state index in [1.165, 1.54) is 19.3 Å². The summed E-state index contributed by atoms with van der Waals surface area (Å²) >= 11 is 0. The van der Waals surface area contributed by atoms with Crippen molar-refractivity contribution in [1.29, 1.82) is 0 Å². The van der Waals surface area contributed by atoms with Crippen molar-refractivity contribution in [1.82, 2.24) is 0 Å². The lowest BCUT2D eigenvalue weighted by molar-refractivity contribution is 0.0291. The number of fused-ring (bicyclic) bond motifs is 1. The van der Waals surface area contributed by atoms with Crippen molar-refractivity contribution in [2.24, 2.45) is 35.0 Å². The van der Waals surface area contributed by atoms with Gasteiger partial charge >= 0.3 is 0 Å². The molecule has 0 aliphatic heterocycles. The second-order valence-corrected chi connectivity index (χ2v) is 7.36. The molecule has 0 amide bonds. The molecule has 1 spiro atoms. The van der Waals surface area contributed by atoms with E-state index in [2.05, 4.69) is 27.7 Å². The van der Waals surface area contributed by atoms with Gasteiger partial charge in [0.15, 0.2) is 0 Å². The fourth-order valence-corrected chi connectivity index (χ4v) is 5.57. The number of hydrogen-bond acceptors (Lipinski definition) is 1. The summed E-state index contributed by atoms with van der Waals surface area (Å²) < 4.78 is 0. The van der Waals surface area contributed by atoms with Crippen molar-refractivity contribution < 1.29 is 5.11 Å². The van der Waals surface area contributed by atoms with Crippen LogP contribution in [-0.2, 0) is 0 Å². The van der Waals surface area contributed by atoms with Crippen molar-refractivity contribution in [2.45, 2.75) is 59.0 Å². The Morgan fingerprint density at radius 1 is 1.19 bits per heavy atom. The van der Waals surface area contributed by atoms with Crippen LogP contribution >= 0.6 is 0 Å². The van der Waals surface area contributed by atoms with E-state index in [0.29, 0.717) is 11.3 Å². The van der Waals surface area contributed by atoms with E-state index < -0.39 is 0 Å². The van der Waals surface area contributed by atoms with E-state index in [9.17, 15) is 5.11 Å². The van der Waals surface area contributed by atoms with Crippen LogP contribution in [0.5, 0.6) is 0 Å². The lowest BCUT2D eigenvalue weighted by Crippen LogP contribution is -2.30. The molecule has 3 rings (SSSR count). The lowest BCUT2D eigenvalue weighted by Gasteiger charge is -2.36. The highest BCUT2D eigenvalue weighted by Gasteiger charge is 2.77. The molecule has 0 aromatic rings. The Kier molecular flexibility index (Phi) is 2.11. The van der Waals surface area contributed by atoms with Crippen molar-refractivity contribution >= 4 is 0 Å². The molecule has 0 bridgehead atoms. The Hall–Kier alpha value is -0.0400. The first-order valence-corrected chi connectivity index (χ1v) is 7.13. The molecule has 6 atom stereocenters. The second-order valence-electron chi connectivity index (χ2n) is 7.36. The van der Waals surface area contributed by atoms with Crippen LogP contribution in [0.3, 0.4) is 0 Å². The van der Waals surface area contributed by atoms with Crippen LogP contribution in [0.15, 0.2) is 0 Å². The average Bonchev–Trinajstić information content (AvgIpc) is 2.79. The molecule has 3 saturated carbocycles. The van der Waals surface area contributed by atoms with Crippen LogP contribution in [-0.4, -0.2) is 10.7 Å². The van der Waals surface area contributed by atoms with E-state index >= 15 is 0 Å². The quantitative estimate of drug-likeness (QED) is 0.720. The zero-order valence-electron chi connectivity index (χ0n) is 11.2. The van der Waals surface area contributed by atoms with Crippen LogP contribution in [0.4, 0.5) is 0 Å². The van der Waals surface area contributed by atoms with E-state index in [-0.39, 0.29) is 5.60 Å². The summed E-state index contributed by atoms with van der Waals surface area (Å²) in [4.78, 5) is 0. The highest BCUT2D eigenvalue weighted by atomic mass is 16.3. The van der Waals surface area contributed by atoms with Crippen LogP contribution in [0, 0.1) is 35.0 Å². The third-order valence-electron chi connectivity index (χ3n) is 6.35. The zero-order chi connectivity index (χ0) is 11.7. The molecule has 4 unspecified atom stereocenters. The van der Waals surface area contributed by atoms with Gasteiger partial charge in [-0.3, -0.25) is 0 Å². The molecule has 0 aromatic heterocycles. The molecule has 0 radical (unpaired) electrons. The average molecular weight is 222 g/mol. The molecule has 1 nitrogen and oxygen atoms in total. The number of aliphatic hydroxyl groups is 1. The van der Waals surface area contributed by atoms with Gasteiger partial charge in [0.25, 0.3) is 0 Å². The molecule has 92 valence electrons. The highest BCUT2D eigenvalue weighted by Crippen LogP contribution is 2.80. The zero-order valence-corrected chi connectivity index (χ0v) is 11.2. The minimum atomic E-state index is -0.351. The van der Waals surface area contributed by atoms with Gasteiger partial charge < -0.3 is 5.11 Å². The maximum atomic E-state index is 10.5. The van der Waals surface area contributed by atoms with Crippen LogP contribution < -0.4 is 0 Å². The topological polar surface area (TPSA) is 20.2 Å². The Labute approximate surface area is 99.6 Å². The van der Waals surface area contributed by atoms with Gasteiger partial charge in [-0.25, -0.2) is 0 Å². The standard InChI is InChI=1S/C15H26O/c1-9(2)11-6-5-10(3)15-8-7-14(4,16)13(15)12(11)15/h9-13,16H,5-8H2,1-4H3/t10-,11?,12?,13?,14+,15?/m0/s1. The number of hydrogen-bond donors (Lipinski definition) is 1. The summed E-state index contributed by atoms with van der Waals surface area (Å²) in [5, 5.41) is 10.5. The normalized spacial score (nSPS) is 59.6. The molecule has 1 N–H and O–H groups in total. The van der Waals surface area contributed by atoms with E-state index in [1.807, 2.05) is 0 Å². The Bertz CT molecular complexity index is 307. The molecule has 3 aliphatic carbocycles. The van der Waals surface area contributed by atoms with Gasteiger partial charge in [0.05, 0.1) is 5.60 Å². The predicted molar refractivity (Wildman–Crippen MR) is 66.0 cm³/mol. The van der Waals surface area contributed by atoms with Gasteiger partial charge in [0, 0.05) is 0 Å². The van der Waals surface area contributed by atoms with E-state index in [4.69, 9.17) is 0 Å². The summed E-state index contributed by atoms with van der Waals surface area (Å²) in [5.74, 6) is 4.01. The summed E-state index contributed by atoms with van der Waals surface area (Å²) in [6.07, 6.45) is 5.13. The maximum absolute atomic E-state index is 10.5. The Morgan fingerprint density at radius 2 is 1.88 bits per heavy atom. The van der Waals surface area contributed by atoms with Crippen molar-refractivity contribution in [3.63, 3.8) is 0 Å². The molecule has 3 fully saturated rings. The number of rotatable bonds is 1. The first-order chi connectivity index (χ1) is 7.41. The molecule has 0 aromatic carbocycles. The van der Waals surface area contributed by atoms with Crippen molar-refractivity contribution in [2.75, 3.05) is 0 Å². The molecule has 0 heterocycles. The Morgan fingerprint density at radius 3 is 2.50 bits per heavy atom. The van der Waals surface area contributed by atoms with Gasteiger partial charge in [-0.05, 0) is 67.6 Å². The predicted octanol–water partition coefficient (Wildman–Crippen LogP) is 3.47. The van der Waals surface area contributed by atoms with Crippen LogP contribution in [0.25, 0.3) is 0 Å². The van der Waals surface area contributed by atoms with E-state index in [0.717, 1.165) is 30.1 Å². The van der Waals surface area contributed by atoms with Gasteiger partial charge in [-0.15, -0.1) is 0 Å². The maximum Gasteiger partial charge on any atom is 0.0656 e. The van der Waals surface area contributed by atoms with Crippen LogP contribution in [0.2, 0.25) is 0 Å². The largest absolute Gasteiger partial charge is 0.390 e. The fourth-order valence-electron chi connectivity index (χ4n) is 5.57. The third kappa shape index (κ3) is 1.11. The molecule has 16 heavy (non-hydrogen) atoms. The second kappa shape index (κ2) is 3.04. The molecular formula is C15H26O. The fraction of sp³-hybridized carbons (Fsp3) is 1.00. The molecule has 0 saturated heterocycles. The van der Waals surface area contributed by atoms with Crippen molar-refractivity contribution in [3.8, 4) is 0 Å². The molecule has 3 aliphatic rings. The molecular weight excluding hydrogens is 196 g/mol. The Balaban J connectivity index is 1.92. The SMILES string of the molecule is CC(C)C1CC[C@H](C)C23CC[C@@](C)(O)C2C13. The molecule has 1 heteroatoms. The summed E-state index contributed by atoms with van der Waals surface area (Å²) in [6, 6.07) is 0. The smallest absolute Gasteiger partial charge is 0.0656 e. The summed E-state index contributed by atoms with van der Waals surface area (Å²) in [7, 11) is 0.